The van der Waals surface area contributed by atoms with Crippen LogP contribution in [0.15, 0.2) is 72.8 Å². The summed E-state index contributed by atoms with van der Waals surface area (Å²) >= 11 is 11.1. The predicted octanol–water partition coefficient (Wildman–Crippen LogP) is 6.88. The first kappa shape index (κ1) is 24.2. The maximum Gasteiger partial charge on any atom is 0.420 e. The number of amides is 1. The lowest BCUT2D eigenvalue weighted by Gasteiger charge is -2.15. The van der Waals surface area contributed by atoms with Gasteiger partial charge in [-0.15, -0.1) is 0 Å². The molecule has 0 radical (unpaired) electrons. The van der Waals surface area contributed by atoms with Gasteiger partial charge in [0.1, 0.15) is 0 Å². The van der Waals surface area contributed by atoms with Crippen molar-refractivity contribution >= 4 is 40.8 Å². The maximum absolute atomic E-state index is 13.0. The molecule has 3 aromatic rings. The number of hydrogen-bond donors (Lipinski definition) is 1. The van der Waals surface area contributed by atoms with E-state index in [1.807, 2.05) is 6.07 Å². The van der Waals surface area contributed by atoms with Gasteiger partial charge in [-0.25, -0.2) is 0 Å². The Bertz CT molecular complexity index is 1040. The van der Waals surface area contributed by atoms with Gasteiger partial charge < -0.3 is 10.1 Å². The van der Waals surface area contributed by atoms with Gasteiger partial charge >= 0.3 is 12.1 Å². The molecule has 3 rings (SSSR count). The number of carbonyl (C=O) groups is 2. The van der Waals surface area contributed by atoms with Gasteiger partial charge in [0.05, 0.1) is 11.1 Å². The van der Waals surface area contributed by atoms with E-state index in [9.17, 15) is 22.8 Å². The van der Waals surface area contributed by atoms with Crippen molar-refractivity contribution in [1.82, 2.24) is 0 Å². The van der Waals surface area contributed by atoms with Gasteiger partial charge in [0.25, 0.3) is 5.91 Å². The first-order chi connectivity index (χ1) is 14.6. The molecule has 0 atom stereocenters. The molecule has 0 saturated carbocycles. The Hall–Kier alpha value is -3.03. The van der Waals surface area contributed by atoms with Gasteiger partial charge in [-0.2, -0.15) is 13.2 Å². The number of para-hydroxylation sites is 2. The van der Waals surface area contributed by atoms with E-state index in [0.29, 0.717) is 15.7 Å². The van der Waals surface area contributed by atoms with E-state index in [-0.39, 0.29) is 5.56 Å². The number of hydrogen-bond acceptors (Lipinski definition) is 3. The smallest absolute Gasteiger partial charge is 0.420 e. The topological polar surface area (TPSA) is 55.4 Å². The summed E-state index contributed by atoms with van der Waals surface area (Å²) in [6.07, 6.45) is -4.76. The van der Waals surface area contributed by atoms with E-state index in [4.69, 9.17) is 23.2 Å². The number of halogens is 5. The molecular formula is C22H16Cl2F3NO3. The Morgan fingerprint density at radius 2 is 1.45 bits per heavy atom. The Morgan fingerprint density at radius 3 is 1.94 bits per heavy atom. The van der Waals surface area contributed by atoms with Crippen LogP contribution in [0.1, 0.15) is 22.8 Å². The molecule has 162 valence electrons. The monoisotopic (exact) mass is 469 g/mol. The minimum Gasteiger partial charge on any atom is -0.425 e. The van der Waals surface area contributed by atoms with Crippen LogP contribution in [-0.4, -0.2) is 11.9 Å². The summed E-state index contributed by atoms with van der Waals surface area (Å²) in [5.41, 5.74) is -1.16. The van der Waals surface area contributed by atoms with Crippen molar-refractivity contribution in [2.75, 3.05) is 5.32 Å². The van der Waals surface area contributed by atoms with Crippen LogP contribution in [0, 0.1) is 0 Å². The molecular weight excluding hydrogens is 454 g/mol. The summed E-state index contributed by atoms with van der Waals surface area (Å²) in [5.74, 6) is -2.56. The third-order valence-corrected chi connectivity index (χ3v) is 4.10. The Balaban J connectivity index is 0.000000357. The Morgan fingerprint density at radius 1 is 0.871 bits per heavy atom. The number of carbonyl (C=O) groups excluding carboxylic acids is 2. The standard InChI is InChI=1S/C16H12F3NO3.C6H4Cl2/c1-10(21)23-14-12(8-5-9-13(14)16(17,18)19)15(22)20-11-6-3-2-4-7-11;7-5-2-1-3-6(8)4-5/h2-9H,1H3,(H,20,22);1-4H. The zero-order valence-electron chi connectivity index (χ0n) is 16.0. The number of benzene rings is 3. The van der Waals surface area contributed by atoms with Crippen molar-refractivity contribution < 1.29 is 27.5 Å². The van der Waals surface area contributed by atoms with E-state index in [0.717, 1.165) is 25.1 Å². The highest BCUT2D eigenvalue weighted by atomic mass is 35.5. The number of alkyl halides is 3. The normalized spacial score (nSPS) is 10.5. The van der Waals surface area contributed by atoms with Gasteiger partial charge in [0, 0.05) is 22.7 Å². The molecule has 0 spiro atoms. The second-order valence-electron chi connectivity index (χ2n) is 6.03. The van der Waals surface area contributed by atoms with Crippen molar-refractivity contribution in [3.63, 3.8) is 0 Å². The van der Waals surface area contributed by atoms with Crippen LogP contribution in [0.2, 0.25) is 10.0 Å². The summed E-state index contributed by atoms with van der Waals surface area (Å²) < 4.78 is 43.8. The van der Waals surface area contributed by atoms with Crippen LogP contribution in [0.25, 0.3) is 0 Å². The summed E-state index contributed by atoms with van der Waals surface area (Å²) in [6, 6.07) is 18.3. The van der Waals surface area contributed by atoms with Crippen LogP contribution in [0.3, 0.4) is 0 Å². The van der Waals surface area contributed by atoms with Gasteiger partial charge in [-0.05, 0) is 42.5 Å². The quantitative estimate of drug-likeness (QED) is 0.336. The fourth-order valence-electron chi connectivity index (χ4n) is 2.37. The molecule has 0 heterocycles. The highest BCUT2D eigenvalue weighted by Gasteiger charge is 2.36. The number of ether oxygens (including phenoxy) is 1. The zero-order valence-corrected chi connectivity index (χ0v) is 17.6. The Labute approximate surface area is 186 Å². The second kappa shape index (κ2) is 10.8. The first-order valence-electron chi connectivity index (χ1n) is 8.74. The van der Waals surface area contributed by atoms with Crippen molar-refractivity contribution in [2.24, 2.45) is 0 Å². The van der Waals surface area contributed by atoms with E-state index in [1.165, 1.54) is 0 Å². The van der Waals surface area contributed by atoms with Gasteiger partial charge in [0.2, 0.25) is 0 Å². The molecule has 9 heteroatoms. The molecule has 0 aliphatic carbocycles. The molecule has 0 aliphatic heterocycles. The molecule has 4 nitrogen and oxygen atoms in total. The highest BCUT2D eigenvalue weighted by molar-refractivity contribution is 6.34. The molecule has 1 amide bonds. The summed E-state index contributed by atoms with van der Waals surface area (Å²) in [5, 5.41) is 3.81. The molecule has 0 aromatic heterocycles. The van der Waals surface area contributed by atoms with Crippen molar-refractivity contribution in [2.45, 2.75) is 13.1 Å². The maximum atomic E-state index is 13.0. The third-order valence-electron chi connectivity index (χ3n) is 3.63. The molecule has 31 heavy (non-hydrogen) atoms. The number of anilines is 1. The minimum atomic E-state index is -4.76. The number of rotatable bonds is 3. The van der Waals surface area contributed by atoms with Crippen molar-refractivity contribution in [3.05, 3.63) is 94.0 Å². The van der Waals surface area contributed by atoms with Crippen LogP contribution in [-0.2, 0) is 11.0 Å². The lowest BCUT2D eigenvalue weighted by Crippen LogP contribution is -2.18. The van der Waals surface area contributed by atoms with E-state index >= 15 is 0 Å². The molecule has 3 aromatic carbocycles. The molecule has 0 saturated heterocycles. The summed E-state index contributed by atoms with van der Waals surface area (Å²) in [7, 11) is 0. The van der Waals surface area contributed by atoms with Crippen LogP contribution < -0.4 is 10.1 Å². The SMILES string of the molecule is CC(=O)Oc1c(C(=O)Nc2ccccc2)cccc1C(F)(F)F.Clc1cccc(Cl)c1. The van der Waals surface area contributed by atoms with Crippen LogP contribution in [0.4, 0.5) is 18.9 Å². The molecule has 0 bridgehead atoms. The van der Waals surface area contributed by atoms with Gasteiger partial charge in [0.15, 0.2) is 5.75 Å². The molecule has 1 N–H and O–H groups in total. The van der Waals surface area contributed by atoms with Crippen molar-refractivity contribution in [3.8, 4) is 5.75 Å². The lowest BCUT2D eigenvalue weighted by atomic mass is 10.1. The summed E-state index contributed by atoms with van der Waals surface area (Å²) in [6.45, 7) is 0.964. The van der Waals surface area contributed by atoms with Crippen LogP contribution in [0.5, 0.6) is 5.75 Å². The molecule has 0 unspecified atom stereocenters. The molecule has 0 aliphatic rings. The number of esters is 1. The summed E-state index contributed by atoms with van der Waals surface area (Å²) in [4.78, 5) is 23.3. The zero-order chi connectivity index (χ0) is 23.0. The van der Waals surface area contributed by atoms with Gasteiger partial charge in [-0.1, -0.05) is 53.5 Å². The van der Waals surface area contributed by atoms with E-state index < -0.39 is 29.4 Å². The largest absolute Gasteiger partial charge is 0.425 e. The fraction of sp³-hybridized carbons (Fsp3) is 0.0909. The third kappa shape index (κ3) is 7.62. The predicted molar refractivity (Wildman–Crippen MR) is 114 cm³/mol. The van der Waals surface area contributed by atoms with Gasteiger partial charge in [-0.3, -0.25) is 9.59 Å². The van der Waals surface area contributed by atoms with Crippen molar-refractivity contribution in [1.29, 1.82) is 0 Å². The molecule has 0 fully saturated rings. The minimum absolute atomic E-state index is 0.376. The fourth-order valence-corrected chi connectivity index (χ4v) is 2.81. The van der Waals surface area contributed by atoms with E-state index in [2.05, 4.69) is 10.1 Å². The average molecular weight is 470 g/mol. The second-order valence-corrected chi connectivity index (χ2v) is 6.91. The lowest BCUT2D eigenvalue weighted by molar-refractivity contribution is -0.141. The van der Waals surface area contributed by atoms with E-state index in [1.54, 1.807) is 48.5 Å². The number of nitrogens with one attached hydrogen (secondary N) is 1. The average Bonchev–Trinajstić information content (AvgIpc) is 2.68. The van der Waals surface area contributed by atoms with Crippen LogP contribution >= 0.6 is 23.2 Å². The Kier molecular flexibility index (Phi) is 8.47. The first-order valence-corrected chi connectivity index (χ1v) is 9.49. The highest BCUT2D eigenvalue weighted by Crippen LogP contribution is 2.38.